The minimum atomic E-state index is -0.304. The number of methoxy groups -OCH3 is 2. The fourth-order valence-corrected chi connectivity index (χ4v) is 3.95. The molecule has 0 saturated carbocycles. The first-order valence-corrected chi connectivity index (χ1v) is 10.1. The van der Waals surface area contributed by atoms with Crippen molar-refractivity contribution in [2.75, 3.05) is 20.0 Å². The summed E-state index contributed by atoms with van der Waals surface area (Å²) in [5.41, 5.74) is 3.97. The number of carbonyl (C=O) groups is 1. The first kappa shape index (κ1) is 19.3. The number of aryl methyl sites for hydroxylation is 1. The van der Waals surface area contributed by atoms with Gasteiger partial charge in [-0.15, -0.1) is 0 Å². The van der Waals surface area contributed by atoms with E-state index in [1.165, 1.54) is 18.9 Å². The monoisotopic (exact) mass is 408 g/mol. The van der Waals surface area contributed by atoms with Gasteiger partial charge in [0.1, 0.15) is 16.5 Å². The summed E-state index contributed by atoms with van der Waals surface area (Å²) in [4.78, 5) is 21.1. The van der Waals surface area contributed by atoms with E-state index in [4.69, 9.17) is 19.2 Å². The van der Waals surface area contributed by atoms with Gasteiger partial charge < -0.3 is 14.2 Å². The Bertz CT molecular complexity index is 1070. The molecule has 6 nitrogen and oxygen atoms in total. The first-order valence-electron chi connectivity index (χ1n) is 9.09. The summed E-state index contributed by atoms with van der Waals surface area (Å²) < 4.78 is 16.1. The summed E-state index contributed by atoms with van der Waals surface area (Å²) >= 11 is 1.33. The van der Waals surface area contributed by atoms with Crippen molar-refractivity contribution in [3.05, 3.63) is 59.2 Å². The number of ether oxygens (including phenoxy) is 3. The number of carbonyl (C=O) groups excluding carboxylic acids is 1. The van der Waals surface area contributed by atoms with Crippen LogP contribution in [0.15, 0.2) is 47.5 Å². The van der Waals surface area contributed by atoms with Crippen molar-refractivity contribution in [3.63, 3.8) is 0 Å². The van der Waals surface area contributed by atoms with Crippen LogP contribution >= 0.6 is 11.8 Å². The Morgan fingerprint density at radius 2 is 1.93 bits per heavy atom. The fourth-order valence-electron chi connectivity index (χ4n) is 3.09. The van der Waals surface area contributed by atoms with Gasteiger partial charge in [-0.2, -0.15) is 4.98 Å². The second-order valence-electron chi connectivity index (χ2n) is 6.62. The standard InChI is InChI=1S/C22H20N2O4S/c1-13-4-9-18-15(10-13)11-17-21(28-18)23-20(14-5-7-16(26-2)8-6-14)24-22(17)29-12-19(25)27-3/h4-10H,11-12H2,1-3H3. The van der Waals surface area contributed by atoms with Crippen LogP contribution in [0, 0.1) is 6.92 Å². The Morgan fingerprint density at radius 1 is 1.14 bits per heavy atom. The molecule has 0 radical (unpaired) electrons. The SMILES string of the molecule is COC(=O)CSc1nc(-c2ccc(OC)cc2)nc2c1Cc1cc(C)ccc1O2. The lowest BCUT2D eigenvalue weighted by molar-refractivity contribution is -0.137. The smallest absolute Gasteiger partial charge is 0.316 e. The Labute approximate surface area is 173 Å². The van der Waals surface area contributed by atoms with Crippen LogP contribution in [0.3, 0.4) is 0 Å². The summed E-state index contributed by atoms with van der Waals surface area (Å²) in [7, 11) is 3.00. The third-order valence-electron chi connectivity index (χ3n) is 4.62. The van der Waals surface area contributed by atoms with Crippen LogP contribution in [-0.2, 0) is 16.0 Å². The molecule has 2 heterocycles. The van der Waals surface area contributed by atoms with Gasteiger partial charge >= 0.3 is 5.97 Å². The molecule has 148 valence electrons. The molecule has 0 aliphatic carbocycles. The van der Waals surface area contributed by atoms with E-state index < -0.39 is 0 Å². The number of rotatable bonds is 5. The van der Waals surface area contributed by atoms with Crippen LogP contribution in [-0.4, -0.2) is 35.9 Å². The molecule has 0 bridgehead atoms. The molecule has 29 heavy (non-hydrogen) atoms. The molecule has 1 aromatic heterocycles. The number of fused-ring (bicyclic) bond motifs is 2. The minimum absolute atomic E-state index is 0.169. The van der Waals surface area contributed by atoms with Gasteiger partial charge in [-0.1, -0.05) is 29.5 Å². The van der Waals surface area contributed by atoms with Gasteiger partial charge in [0.2, 0.25) is 5.88 Å². The molecule has 1 aliphatic heterocycles. The topological polar surface area (TPSA) is 70.5 Å². The summed E-state index contributed by atoms with van der Waals surface area (Å²) in [5, 5.41) is 0.721. The maximum Gasteiger partial charge on any atom is 0.316 e. The van der Waals surface area contributed by atoms with Crippen molar-refractivity contribution >= 4 is 17.7 Å². The van der Waals surface area contributed by atoms with Crippen molar-refractivity contribution in [1.29, 1.82) is 0 Å². The van der Waals surface area contributed by atoms with Crippen LogP contribution in [0.5, 0.6) is 17.4 Å². The molecule has 1 aliphatic rings. The summed E-state index contributed by atoms with van der Waals surface area (Å²) in [6, 6.07) is 13.6. The highest BCUT2D eigenvalue weighted by Crippen LogP contribution is 2.40. The molecule has 0 spiro atoms. The van der Waals surface area contributed by atoms with E-state index in [-0.39, 0.29) is 11.7 Å². The summed E-state index contributed by atoms with van der Waals surface area (Å²) in [6.45, 7) is 2.05. The van der Waals surface area contributed by atoms with Crippen LogP contribution in [0.4, 0.5) is 0 Å². The molecule has 0 N–H and O–H groups in total. The molecule has 0 amide bonds. The third kappa shape index (κ3) is 4.05. The van der Waals surface area contributed by atoms with Crippen LogP contribution in [0.2, 0.25) is 0 Å². The Morgan fingerprint density at radius 3 is 2.66 bits per heavy atom. The van der Waals surface area contributed by atoms with E-state index in [2.05, 4.69) is 11.1 Å². The Hall–Kier alpha value is -3.06. The van der Waals surface area contributed by atoms with Gasteiger partial charge in [-0.05, 0) is 42.8 Å². The average Bonchev–Trinajstić information content (AvgIpc) is 2.75. The van der Waals surface area contributed by atoms with E-state index in [1.807, 2.05) is 43.3 Å². The van der Waals surface area contributed by atoms with Crippen molar-refractivity contribution < 1.29 is 19.0 Å². The van der Waals surface area contributed by atoms with E-state index in [1.54, 1.807) is 7.11 Å². The lowest BCUT2D eigenvalue weighted by atomic mass is 10.0. The number of hydrogen-bond donors (Lipinski definition) is 0. The first-order chi connectivity index (χ1) is 14.1. The number of aromatic nitrogens is 2. The van der Waals surface area contributed by atoms with Gasteiger partial charge in [-0.25, -0.2) is 4.98 Å². The lowest BCUT2D eigenvalue weighted by Gasteiger charge is -2.22. The molecular weight excluding hydrogens is 388 g/mol. The quantitative estimate of drug-likeness (QED) is 0.275. The number of nitrogens with zero attached hydrogens (tertiary/aromatic N) is 2. The van der Waals surface area contributed by atoms with Gasteiger partial charge in [0.05, 0.1) is 25.5 Å². The zero-order valence-electron chi connectivity index (χ0n) is 16.4. The predicted octanol–water partition coefficient (Wildman–Crippen LogP) is 4.42. The zero-order chi connectivity index (χ0) is 20.4. The van der Waals surface area contributed by atoms with Crippen molar-refractivity contribution in [2.24, 2.45) is 0 Å². The number of hydrogen-bond acceptors (Lipinski definition) is 7. The van der Waals surface area contributed by atoms with E-state index in [9.17, 15) is 4.79 Å². The highest BCUT2D eigenvalue weighted by molar-refractivity contribution is 7.99. The zero-order valence-corrected chi connectivity index (χ0v) is 17.2. The molecule has 3 aromatic rings. The Balaban J connectivity index is 1.76. The van der Waals surface area contributed by atoms with Gasteiger partial charge in [-0.3, -0.25) is 4.79 Å². The van der Waals surface area contributed by atoms with Crippen LogP contribution in [0.25, 0.3) is 11.4 Å². The minimum Gasteiger partial charge on any atom is -0.497 e. The third-order valence-corrected chi connectivity index (χ3v) is 5.61. The molecule has 4 rings (SSSR count). The highest BCUT2D eigenvalue weighted by atomic mass is 32.2. The number of esters is 1. The second-order valence-corrected chi connectivity index (χ2v) is 7.58. The van der Waals surface area contributed by atoms with Gasteiger partial charge in [0, 0.05) is 12.0 Å². The molecule has 7 heteroatoms. The van der Waals surface area contributed by atoms with E-state index in [0.29, 0.717) is 18.1 Å². The largest absolute Gasteiger partial charge is 0.497 e. The van der Waals surface area contributed by atoms with Crippen LogP contribution < -0.4 is 9.47 Å². The Kier molecular flexibility index (Phi) is 5.40. The van der Waals surface area contributed by atoms with E-state index in [0.717, 1.165) is 38.8 Å². The fraction of sp³-hybridized carbons (Fsp3) is 0.227. The molecule has 0 fully saturated rings. The average molecular weight is 408 g/mol. The molecular formula is C22H20N2O4S. The lowest BCUT2D eigenvalue weighted by Crippen LogP contribution is -2.11. The van der Waals surface area contributed by atoms with Gasteiger partial charge in [0.25, 0.3) is 0 Å². The predicted molar refractivity (Wildman–Crippen MR) is 111 cm³/mol. The second kappa shape index (κ2) is 8.13. The van der Waals surface area contributed by atoms with Crippen molar-refractivity contribution in [3.8, 4) is 28.8 Å². The van der Waals surface area contributed by atoms with Crippen molar-refractivity contribution in [1.82, 2.24) is 9.97 Å². The highest BCUT2D eigenvalue weighted by Gasteiger charge is 2.25. The maximum atomic E-state index is 11.7. The number of benzene rings is 2. The van der Waals surface area contributed by atoms with Crippen molar-refractivity contribution in [2.45, 2.75) is 18.4 Å². The molecule has 2 aromatic carbocycles. The van der Waals surface area contributed by atoms with Gasteiger partial charge in [0.15, 0.2) is 5.82 Å². The van der Waals surface area contributed by atoms with Crippen LogP contribution in [0.1, 0.15) is 16.7 Å². The maximum absolute atomic E-state index is 11.7. The normalized spacial score (nSPS) is 11.8. The number of thioether (sulfide) groups is 1. The van der Waals surface area contributed by atoms with E-state index >= 15 is 0 Å². The summed E-state index contributed by atoms with van der Waals surface area (Å²) in [6.07, 6.45) is 0.652. The molecule has 0 unspecified atom stereocenters. The summed E-state index contributed by atoms with van der Waals surface area (Å²) in [5.74, 6) is 2.48. The molecule has 0 saturated heterocycles. The molecule has 0 atom stereocenters.